The Kier molecular flexibility index (Phi) is 5.46. The molecule has 0 bridgehead atoms. The number of rotatable bonds is 6. The summed E-state index contributed by atoms with van der Waals surface area (Å²) in [7, 11) is 1.54. The predicted molar refractivity (Wildman–Crippen MR) is 78.5 cm³/mol. The van der Waals surface area contributed by atoms with Crippen LogP contribution < -0.4 is 9.47 Å². The van der Waals surface area contributed by atoms with E-state index in [2.05, 4.69) is 9.89 Å². The van der Waals surface area contributed by atoms with Crippen LogP contribution in [0.25, 0.3) is 0 Å². The smallest absolute Gasteiger partial charge is 0.496 e. The number of alkyl halides is 3. The van der Waals surface area contributed by atoms with Crippen LogP contribution in [0, 0.1) is 0 Å². The predicted octanol–water partition coefficient (Wildman–Crippen LogP) is 4.14. The monoisotopic (exact) mass is 325 g/mol. The number of nitrogens with zero attached hydrogens (tertiary/aromatic N) is 1. The molecule has 0 spiro atoms. The van der Waals surface area contributed by atoms with Crippen molar-refractivity contribution in [2.24, 2.45) is 5.16 Å². The zero-order valence-corrected chi connectivity index (χ0v) is 12.2. The van der Waals surface area contributed by atoms with Crippen molar-refractivity contribution in [2.75, 3.05) is 7.11 Å². The molecule has 0 aliphatic heterocycles. The van der Waals surface area contributed by atoms with Gasteiger partial charge in [-0.25, -0.2) is 0 Å². The number of halogens is 3. The van der Waals surface area contributed by atoms with Gasteiger partial charge in [0.25, 0.3) is 0 Å². The van der Waals surface area contributed by atoms with E-state index in [1.807, 2.05) is 12.1 Å². The Morgan fingerprint density at radius 3 is 2.61 bits per heavy atom. The van der Waals surface area contributed by atoms with Crippen molar-refractivity contribution in [3.05, 3.63) is 59.7 Å². The van der Waals surface area contributed by atoms with E-state index in [4.69, 9.17) is 9.57 Å². The van der Waals surface area contributed by atoms with E-state index >= 15 is 0 Å². The van der Waals surface area contributed by atoms with E-state index in [1.165, 1.54) is 24.4 Å². The van der Waals surface area contributed by atoms with Crippen molar-refractivity contribution in [1.82, 2.24) is 0 Å². The number of hydrogen-bond acceptors (Lipinski definition) is 4. The van der Waals surface area contributed by atoms with Crippen LogP contribution in [-0.4, -0.2) is 19.7 Å². The maximum Gasteiger partial charge on any atom is 0.573 e. The summed E-state index contributed by atoms with van der Waals surface area (Å²) in [6.45, 7) is 0.0146. The van der Waals surface area contributed by atoms with Crippen molar-refractivity contribution in [3.63, 3.8) is 0 Å². The van der Waals surface area contributed by atoms with Gasteiger partial charge in [0.15, 0.2) is 0 Å². The largest absolute Gasteiger partial charge is 0.573 e. The number of hydrogen-bond donors (Lipinski definition) is 0. The summed E-state index contributed by atoms with van der Waals surface area (Å²) in [5, 5.41) is 3.78. The lowest BCUT2D eigenvalue weighted by Crippen LogP contribution is -2.17. The molecule has 7 heteroatoms. The fourth-order valence-corrected chi connectivity index (χ4v) is 1.81. The summed E-state index contributed by atoms with van der Waals surface area (Å²) in [6.07, 6.45) is -3.25. The minimum Gasteiger partial charge on any atom is -0.496 e. The maximum atomic E-state index is 12.1. The van der Waals surface area contributed by atoms with Crippen LogP contribution in [0.1, 0.15) is 11.1 Å². The molecule has 0 aliphatic carbocycles. The average Bonchev–Trinajstić information content (AvgIpc) is 2.50. The molecule has 122 valence electrons. The minimum absolute atomic E-state index is 0.0146. The van der Waals surface area contributed by atoms with Gasteiger partial charge in [-0.2, -0.15) is 0 Å². The molecule has 0 saturated heterocycles. The zero-order chi connectivity index (χ0) is 16.7. The lowest BCUT2D eigenvalue weighted by atomic mass is 10.2. The lowest BCUT2D eigenvalue weighted by Gasteiger charge is -2.09. The van der Waals surface area contributed by atoms with Gasteiger partial charge in [0, 0.05) is 5.56 Å². The Labute approximate surface area is 131 Å². The Hall–Kier alpha value is -2.70. The van der Waals surface area contributed by atoms with Gasteiger partial charge in [-0.15, -0.1) is 13.2 Å². The molecule has 0 unspecified atom stereocenters. The molecule has 2 aromatic carbocycles. The van der Waals surface area contributed by atoms with Gasteiger partial charge in [-0.05, 0) is 29.8 Å². The number of methoxy groups -OCH3 is 1. The highest BCUT2D eigenvalue weighted by atomic mass is 19.4. The number of oxime groups is 1. The third kappa shape index (κ3) is 5.54. The summed E-state index contributed by atoms with van der Waals surface area (Å²) < 4.78 is 45.4. The van der Waals surface area contributed by atoms with Crippen molar-refractivity contribution in [1.29, 1.82) is 0 Å². The van der Waals surface area contributed by atoms with E-state index in [-0.39, 0.29) is 12.4 Å². The minimum atomic E-state index is -4.72. The highest BCUT2D eigenvalue weighted by Crippen LogP contribution is 2.23. The third-order valence-corrected chi connectivity index (χ3v) is 2.77. The van der Waals surface area contributed by atoms with Crippen LogP contribution in [-0.2, 0) is 11.4 Å². The Morgan fingerprint density at radius 2 is 1.87 bits per heavy atom. The maximum absolute atomic E-state index is 12.1. The van der Waals surface area contributed by atoms with Gasteiger partial charge in [0.2, 0.25) is 0 Å². The van der Waals surface area contributed by atoms with Crippen LogP contribution in [0.3, 0.4) is 0 Å². The second kappa shape index (κ2) is 7.53. The molecular weight excluding hydrogens is 311 g/mol. The average molecular weight is 325 g/mol. The van der Waals surface area contributed by atoms with Gasteiger partial charge in [0.05, 0.1) is 13.3 Å². The number of benzene rings is 2. The first kappa shape index (κ1) is 16.7. The van der Waals surface area contributed by atoms with Crippen molar-refractivity contribution >= 4 is 6.21 Å². The standard InChI is InChI=1S/C16H14F3NO3/c1-21-15-8-3-2-6-13(15)10-20-22-11-12-5-4-7-14(9-12)23-16(17,18)19/h2-10H,11H2,1H3. The molecule has 0 atom stereocenters. The van der Waals surface area contributed by atoms with E-state index < -0.39 is 6.36 Å². The molecule has 0 N–H and O–H groups in total. The summed E-state index contributed by atoms with van der Waals surface area (Å²) >= 11 is 0. The second-order valence-electron chi connectivity index (χ2n) is 4.45. The van der Waals surface area contributed by atoms with Crippen molar-refractivity contribution in [2.45, 2.75) is 13.0 Å². The molecule has 0 radical (unpaired) electrons. The lowest BCUT2D eigenvalue weighted by molar-refractivity contribution is -0.274. The molecule has 2 rings (SSSR count). The number of ether oxygens (including phenoxy) is 2. The first-order chi connectivity index (χ1) is 11.0. The van der Waals surface area contributed by atoms with E-state index in [9.17, 15) is 13.2 Å². The topological polar surface area (TPSA) is 40.0 Å². The molecule has 0 amide bonds. The highest BCUT2D eigenvalue weighted by Gasteiger charge is 2.31. The van der Waals surface area contributed by atoms with Gasteiger partial charge >= 0.3 is 6.36 Å². The quantitative estimate of drug-likeness (QED) is 0.592. The fraction of sp³-hybridized carbons (Fsp3) is 0.188. The summed E-state index contributed by atoms with van der Waals surface area (Å²) in [4.78, 5) is 5.09. The molecule has 2 aromatic rings. The van der Waals surface area contributed by atoms with Gasteiger partial charge in [-0.1, -0.05) is 29.4 Å². The van der Waals surface area contributed by atoms with Gasteiger partial charge in [0.1, 0.15) is 18.1 Å². The van der Waals surface area contributed by atoms with Crippen LogP contribution in [0.2, 0.25) is 0 Å². The molecule has 0 heterocycles. The molecular formula is C16H14F3NO3. The molecule has 0 fully saturated rings. The molecule has 0 aromatic heterocycles. The normalized spacial score (nSPS) is 11.5. The van der Waals surface area contributed by atoms with Gasteiger partial charge < -0.3 is 14.3 Å². The number of para-hydroxylation sites is 1. The fourth-order valence-electron chi connectivity index (χ4n) is 1.81. The van der Waals surface area contributed by atoms with Crippen LogP contribution in [0.15, 0.2) is 53.7 Å². The summed E-state index contributed by atoms with van der Waals surface area (Å²) in [5.74, 6) is 0.340. The van der Waals surface area contributed by atoms with E-state index in [1.54, 1.807) is 25.3 Å². The SMILES string of the molecule is COc1ccccc1C=NOCc1cccc(OC(F)(F)F)c1. The highest BCUT2D eigenvalue weighted by molar-refractivity contribution is 5.82. The second-order valence-corrected chi connectivity index (χ2v) is 4.45. The van der Waals surface area contributed by atoms with E-state index in [0.29, 0.717) is 11.3 Å². The molecule has 0 saturated carbocycles. The summed E-state index contributed by atoms with van der Waals surface area (Å²) in [6, 6.07) is 12.7. The van der Waals surface area contributed by atoms with Crippen LogP contribution >= 0.6 is 0 Å². The Morgan fingerprint density at radius 1 is 1.09 bits per heavy atom. The van der Waals surface area contributed by atoms with Crippen molar-refractivity contribution < 1.29 is 27.5 Å². The summed E-state index contributed by atoms with van der Waals surface area (Å²) in [5.41, 5.74) is 1.23. The van der Waals surface area contributed by atoms with Gasteiger partial charge in [-0.3, -0.25) is 0 Å². The Bertz CT molecular complexity index is 672. The first-order valence-electron chi connectivity index (χ1n) is 6.61. The molecule has 23 heavy (non-hydrogen) atoms. The van der Waals surface area contributed by atoms with Crippen molar-refractivity contribution in [3.8, 4) is 11.5 Å². The molecule has 4 nitrogen and oxygen atoms in total. The third-order valence-electron chi connectivity index (χ3n) is 2.77. The van der Waals surface area contributed by atoms with Crippen LogP contribution in [0.4, 0.5) is 13.2 Å². The molecule has 0 aliphatic rings. The first-order valence-corrected chi connectivity index (χ1v) is 6.61. The zero-order valence-electron chi connectivity index (χ0n) is 12.2. The Balaban J connectivity index is 1.93. The van der Waals surface area contributed by atoms with E-state index in [0.717, 1.165) is 5.56 Å². The van der Waals surface area contributed by atoms with Crippen LogP contribution in [0.5, 0.6) is 11.5 Å².